The third kappa shape index (κ3) is 5.07. The molecule has 2 aromatic rings. The van der Waals surface area contributed by atoms with Crippen molar-refractivity contribution in [2.24, 2.45) is 0 Å². The first-order valence-corrected chi connectivity index (χ1v) is 12.0. The highest BCUT2D eigenvalue weighted by Crippen LogP contribution is 2.37. The van der Waals surface area contributed by atoms with Crippen LogP contribution in [0.2, 0.25) is 10.0 Å². The molecule has 2 aromatic carbocycles. The first-order valence-electron chi connectivity index (χ1n) is 9.96. The molecule has 2 heterocycles. The standard InChI is InChI=1S/C22H21Cl2N3O2S2/c23-16-7-4-8-17(20(16)24)27-19(28)13-18(21(27)29)31-22(30)26-11-9-25(10-12-26)14-15-5-2-1-3-6-15/h1-8,18H,9-14H2. The van der Waals surface area contributed by atoms with E-state index in [0.717, 1.165) is 37.6 Å². The number of halogens is 2. The van der Waals surface area contributed by atoms with Crippen molar-refractivity contribution >= 4 is 69.0 Å². The van der Waals surface area contributed by atoms with Gasteiger partial charge in [0.25, 0.3) is 0 Å². The summed E-state index contributed by atoms with van der Waals surface area (Å²) in [5.74, 6) is -0.591. The van der Waals surface area contributed by atoms with E-state index in [1.807, 2.05) is 6.07 Å². The number of hydrogen-bond donors (Lipinski definition) is 0. The van der Waals surface area contributed by atoms with Crippen molar-refractivity contribution in [1.82, 2.24) is 9.80 Å². The van der Waals surface area contributed by atoms with Crippen LogP contribution in [-0.4, -0.2) is 57.4 Å². The average molecular weight is 494 g/mol. The second-order valence-corrected chi connectivity index (χ2v) is 10.1. The summed E-state index contributed by atoms with van der Waals surface area (Å²) in [5.41, 5.74) is 1.62. The Morgan fingerprint density at radius 1 is 1.00 bits per heavy atom. The molecule has 9 heteroatoms. The van der Waals surface area contributed by atoms with E-state index in [0.29, 0.717) is 15.0 Å². The highest BCUT2D eigenvalue weighted by molar-refractivity contribution is 8.23. The number of carbonyl (C=O) groups is 2. The second-order valence-electron chi connectivity index (χ2n) is 7.47. The number of carbonyl (C=O) groups excluding carboxylic acids is 2. The minimum Gasteiger partial charge on any atom is -0.355 e. The Morgan fingerprint density at radius 3 is 2.42 bits per heavy atom. The number of rotatable bonds is 4. The van der Waals surface area contributed by atoms with Crippen molar-refractivity contribution < 1.29 is 9.59 Å². The van der Waals surface area contributed by atoms with Crippen LogP contribution in [0.25, 0.3) is 0 Å². The summed E-state index contributed by atoms with van der Waals surface area (Å²) >= 11 is 19.2. The number of thiocarbonyl (C=S) groups is 1. The van der Waals surface area contributed by atoms with Gasteiger partial charge in [0.1, 0.15) is 9.57 Å². The number of benzene rings is 2. The van der Waals surface area contributed by atoms with E-state index in [2.05, 4.69) is 34.1 Å². The van der Waals surface area contributed by atoms with Gasteiger partial charge in [-0.05, 0) is 17.7 Å². The van der Waals surface area contributed by atoms with Crippen LogP contribution in [0, 0.1) is 0 Å². The second kappa shape index (κ2) is 9.88. The molecule has 1 unspecified atom stereocenters. The summed E-state index contributed by atoms with van der Waals surface area (Å²) in [6, 6.07) is 15.3. The van der Waals surface area contributed by atoms with Gasteiger partial charge in [-0.2, -0.15) is 0 Å². The molecule has 2 aliphatic rings. The number of piperazine rings is 1. The number of imide groups is 1. The summed E-state index contributed by atoms with van der Waals surface area (Å²) < 4.78 is 0.657. The topological polar surface area (TPSA) is 43.9 Å². The molecule has 4 rings (SSSR count). The number of amides is 2. The SMILES string of the molecule is O=C1CC(SC(=S)N2CCN(Cc3ccccc3)CC2)C(=O)N1c1cccc(Cl)c1Cl. The Bertz CT molecular complexity index is 998. The molecule has 0 aromatic heterocycles. The van der Waals surface area contributed by atoms with Crippen LogP contribution in [0.1, 0.15) is 12.0 Å². The maximum atomic E-state index is 12.9. The minimum absolute atomic E-state index is 0.0977. The Hall–Kier alpha value is -1.64. The highest BCUT2D eigenvalue weighted by atomic mass is 35.5. The maximum absolute atomic E-state index is 12.9. The molecule has 2 amide bonds. The Kier molecular flexibility index (Phi) is 7.19. The van der Waals surface area contributed by atoms with Crippen molar-refractivity contribution in [3.8, 4) is 0 Å². The van der Waals surface area contributed by atoms with E-state index < -0.39 is 5.25 Å². The van der Waals surface area contributed by atoms with Crippen LogP contribution in [0.5, 0.6) is 0 Å². The van der Waals surface area contributed by atoms with E-state index in [9.17, 15) is 9.59 Å². The Balaban J connectivity index is 1.33. The van der Waals surface area contributed by atoms with Gasteiger partial charge in [-0.3, -0.25) is 14.5 Å². The molecule has 0 spiro atoms. The zero-order chi connectivity index (χ0) is 22.0. The molecule has 1 atom stereocenters. The fourth-order valence-electron chi connectivity index (χ4n) is 3.74. The number of anilines is 1. The molecule has 31 heavy (non-hydrogen) atoms. The van der Waals surface area contributed by atoms with Crippen LogP contribution in [-0.2, 0) is 16.1 Å². The van der Waals surface area contributed by atoms with Crippen LogP contribution >= 0.6 is 47.2 Å². The molecule has 0 N–H and O–H groups in total. The lowest BCUT2D eigenvalue weighted by molar-refractivity contribution is -0.121. The zero-order valence-corrected chi connectivity index (χ0v) is 19.8. The van der Waals surface area contributed by atoms with Gasteiger partial charge in [0.15, 0.2) is 0 Å². The fraction of sp³-hybridized carbons (Fsp3) is 0.318. The van der Waals surface area contributed by atoms with Crippen molar-refractivity contribution in [3.63, 3.8) is 0 Å². The van der Waals surface area contributed by atoms with Crippen LogP contribution in [0.3, 0.4) is 0 Å². The zero-order valence-electron chi connectivity index (χ0n) is 16.7. The van der Waals surface area contributed by atoms with Crippen molar-refractivity contribution in [2.45, 2.75) is 18.2 Å². The summed E-state index contributed by atoms with van der Waals surface area (Å²) in [5, 5.41) is -0.0363. The predicted molar refractivity (Wildman–Crippen MR) is 131 cm³/mol. The highest BCUT2D eigenvalue weighted by Gasteiger charge is 2.42. The first kappa shape index (κ1) is 22.6. The monoisotopic (exact) mass is 493 g/mol. The Morgan fingerprint density at radius 2 is 1.71 bits per heavy atom. The molecule has 2 aliphatic heterocycles. The summed E-state index contributed by atoms with van der Waals surface area (Å²) in [4.78, 5) is 31.2. The predicted octanol–water partition coefficient (Wildman–Crippen LogP) is 4.46. The summed E-state index contributed by atoms with van der Waals surface area (Å²) in [6.07, 6.45) is 0.0977. The van der Waals surface area contributed by atoms with E-state index in [1.54, 1.807) is 18.2 Å². The van der Waals surface area contributed by atoms with Gasteiger partial charge >= 0.3 is 0 Å². The lowest BCUT2D eigenvalue weighted by atomic mass is 10.2. The molecule has 0 saturated carbocycles. The number of thioether (sulfide) groups is 1. The average Bonchev–Trinajstić information content (AvgIpc) is 3.04. The fourth-order valence-corrected chi connectivity index (χ4v) is 5.66. The van der Waals surface area contributed by atoms with Crippen LogP contribution in [0.15, 0.2) is 48.5 Å². The van der Waals surface area contributed by atoms with Gasteiger partial charge < -0.3 is 4.90 Å². The maximum Gasteiger partial charge on any atom is 0.247 e. The molecule has 0 bridgehead atoms. The number of hydrogen-bond acceptors (Lipinski definition) is 5. The van der Waals surface area contributed by atoms with Crippen molar-refractivity contribution in [2.75, 3.05) is 31.1 Å². The normalized spacial score (nSPS) is 19.9. The van der Waals surface area contributed by atoms with E-state index in [1.165, 1.54) is 17.3 Å². The van der Waals surface area contributed by atoms with Gasteiger partial charge in [-0.1, -0.05) is 83.6 Å². The third-order valence-corrected chi connectivity index (χ3v) is 7.87. The largest absolute Gasteiger partial charge is 0.355 e. The Labute approximate surface area is 201 Å². The molecule has 5 nitrogen and oxygen atoms in total. The molecule has 2 fully saturated rings. The van der Waals surface area contributed by atoms with Crippen LogP contribution in [0.4, 0.5) is 5.69 Å². The lowest BCUT2D eigenvalue weighted by Crippen LogP contribution is -2.47. The summed E-state index contributed by atoms with van der Waals surface area (Å²) in [6.45, 7) is 4.32. The molecule has 2 saturated heterocycles. The molecular weight excluding hydrogens is 473 g/mol. The van der Waals surface area contributed by atoms with E-state index in [-0.39, 0.29) is 23.3 Å². The third-order valence-electron chi connectivity index (χ3n) is 5.40. The van der Waals surface area contributed by atoms with E-state index >= 15 is 0 Å². The van der Waals surface area contributed by atoms with Crippen LogP contribution < -0.4 is 4.90 Å². The molecule has 0 aliphatic carbocycles. The smallest absolute Gasteiger partial charge is 0.247 e. The quantitative estimate of drug-likeness (QED) is 0.462. The number of nitrogens with zero attached hydrogens (tertiary/aromatic N) is 3. The van der Waals surface area contributed by atoms with Gasteiger partial charge in [0.05, 0.1) is 15.7 Å². The van der Waals surface area contributed by atoms with Gasteiger partial charge in [-0.15, -0.1) is 0 Å². The van der Waals surface area contributed by atoms with Crippen molar-refractivity contribution in [3.05, 3.63) is 64.1 Å². The molecule has 162 valence electrons. The lowest BCUT2D eigenvalue weighted by Gasteiger charge is -2.36. The summed E-state index contributed by atoms with van der Waals surface area (Å²) in [7, 11) is 0. The minimum atomic E-state index is -0.544. The first-order chi connectivity index (χ1) is 14.9. The molecular formula is C22H21Cl2N3O2S2. The van der Waals surface area contributed by atoms with Gasteiger partial charge in [0.2, 0.25) is 11.8 Å². The van der Waals surface area contributed by atoms with E-state index in [4.69, 9.17) is 35.4 Å². The van der Waals surface area contributed by atoms with Crippen molar-refractivity contribution in [1.29, 1.82) is 0 Å². The van der Waals surface area contributed by atoms with Gasteiger partial charge in [-0.25, -0.2) is 4.90 Å². The van der Waals surface area contributed by atoms with Gasteiger partial charge in [0, 0.05) is 39.1 Å². The molecule has 0 radical (unpaired) electrons.